The van der Waals surface area contributed by atoms with Crippen LogP contribution in [0.15, 0.2) is 16.6 Å². The summed E-state index contributed by atoms with van der Waals surface area (Å²) < 4.78 is 11.5. The van der Waals surface area contributed by atoms with Crippen molar-refractivity contribution in [3.63, 3.8) is 0 Å². The molecule has 0 saturated heterocycles. The smallest absolute Gasteiger partial charge is 0.142 e. The van der Waals surface area contributed by atoms with E-state index >= 15 is 0 Å². The molecule has 0 amide bonds. The van der Waals surface area contributed by atoms with Gasteiger partial charge in [-0.25, -0.2) is 0 Å². The largest absolute Gasteiger partial charge is 0.495 e. The zero-order valence-corrected chi connectivity index (χ0v) is 13.9. The minimum absolute atomic E-state index is 0.320. The van der Waals surface area contributed by atoms with Gasteiger partial charge in [-0.1, -0.05) is 19.8 Å². The lowest BCUT2D eigenvalue weighted by Gasteiger charge is -2.31. The van der Waals surface area contributed by atoms with Gasteiger partial charge in [-0.2, -0.15) is 0 Å². The Bertz CT molecular complexity index is 453. The molecule has 1 atom stereocenters. The second-order valence-electron chi connectivity index (χ2n) is 5.67. The molecular formula is C16H23BrO3. The van der Waals surface area contributed by atoms with Crippen LogP contribution in [-0.2, 0) is 0 Å². The third-order valence-corrected chi connectivity index (χ3v) is 5.09. The predicted molar refractivity (Wildman–Crippen MR) is 83.3 cm³/mol. The molecule has 1 aliphatic carbocycles. The van der Waals surface area contributed by atoms with E-state index in [2.05, 4.69) is 22.9 Å². The molecular weight excluding hydrogens is 320 g/mol. The third kappa shape index (κ3) is 3.12. The molecule has 1 saturated carbocycles. The number of methoxy groups -OCH3 is 2. The highest BCUT2D eigenvalue weighted by Crippen LogP contribution is 2.44. The van der Waals surface area contributed by atoms with E-state index in [0.717, 1.165) is 34.5 Å². The van der Waals surface area contributed by atoms with Gasteiger partial charge in [-0.05, 0) is 52.7 Å². The van der Waals surface area contributed by atoms with E-state index in [1.54, 1.807) is 14.2 Å². The molecule has 1 aliphatic rings. The number of aliphatic hydroxyl groups is 1. The number of ether oxygens (including phenoxy) is 2. The standard InChI is InChI=1S/C16H23BrO3/c1-10-4-6-11(7-5-10)15(18)12-8-9-13(19-2)14(17)16(12)20-3/h8-11,15,18H,4-7H2,1-3H3. The highest BCUT2D eigenvalue weighted by molar-refractivity contribution is 9.10. The van der Waals surface area contributed by atoms with Gasteiger partial charge < -0.3 is 14.6 Å². The molecule has 1 aromatic rings. The molecule has 1 aromatic carbocycles. The average Bonchev–Trinajstić information content (AvgIpc) is 2.47. The summed E-state index contributed by atoms with van der Waals surface area (Å²) in [6, 6.07) is 3.78. The fourth-order valence-electron chi connectivity index (χ4n) is 3.01. The van der Waals surface area contributed by atoms with Crippen molar-refractivity contribution in [2.75, 3.05) is 14.2 Å². The first-order valence-electron chi connectivity index (χ1n) is 7.16. The topological polar surface area (TPSA) is 38.7 Å². The van der Waals surface area contributed by atoms with Crippen molar-refractivity contribution in [2.45, 2.75) is 38.7 Å². The van der Waals surface area contributed by atoms with Gasteiger partial charge in [0.1, 0.15) is 16.0 Å². The average molecular weight is 343 g/mol. The van der Waals surface area contributed by atoms with Crippen LogP contribution in [0.5, 0.6) is 11.5 Å². The maximum absolute atomic E-state index is 10.7. The van der Waals surface area contributed by atoms with E-state index in [1.807, 2.05) is 12.1 Å². The molecule has 0 spiro atoms. The number of aliphatic hydroxyl groups excluding tert-OH is 1. The van der Waals surface area contributed by atoms with Crippen LogP contribution in [0.25, 0.3) is 0 Å². The summed E-state index contributed by atoms with van der Waals surface area (Å²) in [6.45, 7) is 2.28. The summed E-state index contributed by atoms with van der Waals surface area (Å²) >= 11 is 3.49. The summed E-state index contributed by atoms with van der Waals surface area (Å²) in [4.78, 5) is 0. The Labute approximate surface area is 129 Å². The fourth-order valence-corrected chi connectivity index (χ4v) is 3.69. The molecule has 112 valence electrons. The molecule has 3 nitrogen and oxygen atoms in total. The second kappa shape index (κ2) is 6.81. The maximum Gasteiger partial charge on any atom is 0.142 e. The fraction of sp³-hybridized carbons (Fsp3) is 0.625. The van der Waals surface area contributed by atoms with Crippen molar-refractivity contribution in [2.24, 2.45) is 11.8 Å². The van der Waals surface area contributed by atoms with Crippen LogP contribution >= 0.6 is 15.9 Å². The van der Waals surface area contributed by atoms with Crippen LogP contribution in [0.2, 0.25) is 0 Å². The first-order valence-corrected chi connectivity index (χ1v) is 7.96. The van der Waals surface area contributed by atoms with Gasteiger partial charge in [0.15, 0.2) is 0 Å². The van der Waals surface area contributed by atoms with Crippen molar-refractivity contribution in [3.05, 3.63) is 22.2 Å². The van der Waals surface area contributed by atoms with Crippen molar-refractivity contribution >= 4 is 15.9 Å². The number of hydrogen-bond acceptors (Lipinski definition) is 3. The van der Waals surface area contributed by atoms with Crippen LogP contribution in [0.1, 0.15) is 44.3 Å². The maximum atomic E-state index is 10.7. The zero-order chi connectivity index (χ0) is 14.7. The third-order valence-electron chi connectivity index (χ3n) is 4.34. The quantitative estimate of drug-likeness (QED) is 0.885. The Hall–Kier alpha value is -0.740. The first-order chi connectivity index (χ1) is 9.58. The molecule has 1 unspecified atom stereocenters. The van der Waals surface area contributed by atoms with Crippen molar-refractivity contribution in [1.29, 1.82) is 0 Å². The van der Waals surface area contributed by atoms with Crippen molar-refractivity contribution in [1.82, 2.24) is 0 Å². The molecule has 4 heteroatoms. The molecule has 2 rings (SSSR count). The first kappa shape index (κ1) is 15.6. The van der Waals surface area contributed by atoms with Crippen LogP contribution in [-0.4, -0.2) is 19.3 Å². The zero-order valence-electron chi connectivity index (χ0n) is 12.4. The van der Waals surface area contributed by atoms with E-state index in [-0.39, 0.29) is 0 Å². The van der Waals surface area contributed by atoms with Crippen molar-refractivity contribution in [3.8, 4) is 11.5 Å². The lowest BCUT2D eigenvalue weighted by atomic mass is 9.78. The molecule has 0 aliphatic heterocycles. The molecule has 0 aromatic heterocycles. The number of rotatable bonds is 4. The predicted octanol–water partition coefficient (Wildman–Crippen LogP) is 4.33. The molecule has 0 heterocycles. The van der Waals surface area contributed by atoms with Gasteiger partial charge in [0.25, 0.3) is 0 Å². The minimum atomic E-state index is -0.473. The number of hydrogen-bond donors (Lipinski definition) is 1. The summed E-state index contributed by atoms with van der Waals surface area (Å²) in [5.74, 6) is 2.49. The summed E-state index contributed by atoms with van der Waals surface area (Å²) in [7, 11) is 3.25. The lowest BCUT2D eigenvalue weighted by Crippen LogP contribution is -2.19. The molecule has 0 bridgehead atoms. The van der Waals surface area contributed by atoms with E-state index in [1.165, 1.54) is 12.8 Å². The van der Waals surface area contributed by atoms with Gasteiger partial charge in [0.2, 0.25) is 0 Å². The SMILES string of the molecule is COc1ccc(C(O)C2CCC(C)CC2)c(OC)c1Br. The second-order valence-corrected chi connectivity index (χ2v) is 6.46. The van der Waals surface area contributed by atoms with Gasteiger partial charge in [0.05, 0.1) is 20.3 Å². The molecule has 0 radical (unpaired) electrons. The Morgan fingerprint density at radius 1 is 1.15 bits per heavy atom. The lowest BCUT2D eigenvalue weighted by molar-refractivity contribution is 0.0733. The Balaban J connectivity index is 2.25. The monoisotopic (exact) mass is 342 g/mol. The van der Waals surface area contributed by atoms with Gasteiger partial charge in [0, 0.05) is 5.56 Å². The van der Waals surface area contributed by atoms with Gasteiger partial charge in [-0.15, -0.1) is 0 Å². The molecule has 1 fully saturated rings. The van der Waals surface area contributed by atoms with Crippen LogP contribution < -0.4 is 9.47 Å². The summed E-state index contributed by atoms with van der Waals surface area (Å²) in [5, 5.41) is 10.7. The Kier molecular flexibility index (Phi) is 5.33. The highest BCUT2D eigenvalue weighted by atomic mass is 79.9. The van der Waals surface area contributed by atoms with E-state index in [4.69, 9.17) is 9.47 Å². The van der Waals surface area contributed by atoms with Crippen molar-refractivity contribution < 1.29 is 14.6 Å². The van der Waals surface area contributed by atoms with Crippen LogP contribution in [0.3, 0.4) is 0 Å². The van der Waals surface area contributed by atoms with Gasteiger partial charge >= 0.3 is 0 Å². The van der Waals surface area contributed by atoms with Crippen LogP contribution in [0, 0.1) is 11.8 Å². The number of halogens is 1. The Morgan fingerprint density at radius 2 is 1.80 bits per heavy atom. The summed E-state index contributed by atoms with van der Waals surface area (Å²) in [5.41, 5.74) is 0.847. The molecule has 1 N–H and O–H groups in total. The van der Waals surface area contributed by atoms with E-state index < -0.39 is 6.10 Å². The minimum Gasteiger partial charge on any atom is -0.495 e. The van der Waals surface area contributed by atoms with Gasteiger partial charge in [-0.3, -0.25) is 0 Å². The van der Waals surface area contributed by atoms with Crippen LogP contribution in [0.4, 0.5) is 0 Å². The normalized spacial score (nSPS) is 24.2. The summed E-state index contributed by atoms with van der Waals surface area (Å²) in [6.07, 6.45) is 4.08. The van der Waals surface area contributed by atoms with E-state index in [9.17, 15) is 5.11 Å². The Morgan fingerprint density at radius 3 is 2.35 bits per heavy atom. The highest BCUT2D eigenvalue weighted by Gasteiger charge is 2.28. The number of benzene rings is 1. The molecule has 20 heavy (non-hydrogen) atoms. The van der Waals surface area contributed by atoms with E-state index in [0.29, 0.717) is 11.7 Å².